The molecule has 3 rings (SSSR count). The van der Waals surface area contributed by atoms with E-state index in [0.29, 0.717) is 11.6 Å². The van der Waals surface area contributed by atoms with Crippen molar-refractivity contribution >= 4 is 44.2 Å². The Labute approximate surface area is 169 Å². The number of benzene rings is 2. The summed E-state index contributed by atoms with van der Waals surface area (Å²) >= 11 is 7.62. The van der Waals surface area contributed by atoms with Crippen molar-refractivity contribution < 1.29 is 4.79 Å². The minimum absolute atomic E-state index is 0.00332. The van der Waals surface area contributed by atoms with E-state index >= 15 is 0 Å². The van der Waals surface area contributed by atoms with E-state index in [9.17, 15) is 4.79 Å². The van der Waals surface area contributed by atoms with Crippen LogP contribution in [0.1, 0.15) is 27.9 Å². The normalized spacial score (nSPS) is 11.3. The summed E-state index contributed by atoms with van der Waals surface area (Å²) in [5, 5.41) is 1.40. The Morgan fingerprint density at radius 2 is 1.89 bits per heavy atom. The highest BCUT2D eigenvalue weighted by Crippen LogP contribution is 2.32. The van der Waals surface area contributed by atoms with Gasteiger partial charge in [0.25, 0.3) is 5.91 Å². The van der Waals surface area contributed by atoms with E-state index < -0.39 is 0 Å². The fourth-order valence-electron chi connectivity index (χ4n) is 3.03. The molecule has 1 heterocycles. The van der Waals surface area contributed by atoms with Gasteiger partial charge in [0.05, 0.1) is 10.2 Å². The van der Waals surface area contributed by atoms with Crippen molar-refractivity contribution in [1.29, 1.82) is 0 Å². The predicted octanol–water partition coefficient (Wildman–Crippen LogP) is 5.17. The van der Waals surface area contributed by atoms with Gasteiger partial charge in [0.2, 0.25) is 0 Å². The average Bonchev–Trinajstić information content (AvgIpc) is 3.00. The molecule has 3 aromatic rings. The molecule has 0 spiro atoms. The van der Waals surface area contributed by atoms with Gasteiger partial charge < -0.3 is 4.90 Å². The van der Waals surface area contributed by atoms with Crippen LogP contribution in [0.5, 0.6) is 0 Å². The number of carbonyl (C=O) groups is 1. The van der Waals surface area contributed by atoms with Crippen LogP contribution >= 0.6 is 22.9 Å². The number of thiazole rings is 1. The highest BCUT2D eigenvalue weighted by Gasteiger charge is 2.22. The van der Waals surface area contributed by atoms with Crippen LogP contribution in [0.3, 0.4) is 0 Å². The summed E-state index contributed by atoms with van der Waals surface area (Å²) in [6.07, 6.45) is 0.875. The molecule has 0 N–H and O–H groups in total. The highest BCUT2D eigenvalue weighted by molar-refractivity contribution is 7.22. The molecule has 0 aliphatic heterocycles. The lowest BCUT2D eigenvalue weighted by Crippen LogP contribution is -2.33. The number of fused-ring (bicyclic) bond motifs is 1. The van der Waals surface area contributed by atoms with E-state index in [1.807, 2.05) is 64.3 Å². The van der Waals surface area contributed by atoms with E-state index in [-0.39, 0.29) is 5.91 Å². The zero-order valence-electron chi connectivity index (χ0n) is 16.1. The summed E-state index contributed by atoms with van der Waals surface area (Å²) in [4.78, 5) is 22.0. The predicted molar refractivity (Wildman–Crippen MR) is 115 cm³/mol. The molecule has 0 fully saturated rings. The summed E-state index contributed by atoms with van der Waals surface area (Å²) in [5.74, 6) is -0.00332. The number of carbonyl (C=O) groups excluding carboxylic acids is 1. The molecule has 0 aliphatic carbocycles. The molecule has 6 heteroatoms. The third-order valence-electron chi connectivity index (χ3n) is 4.41. The van der Waals surface area contributed by atoms with Gasteiger partial charge in [-0.2, -0.15) is 0 Å². The Bertz CT molecular complexity index is 967. The zero-order chi connectivity index (χ0) is 19.6. The molecule has 0 unspecified atom stereocenters. The molecule has 0 aliphatic rings. The number of aryl methyl sites for hydroxylation is 2. The zero-order valence-corrected chi connectivity index (χ0v) is 17.7. The van der Waals surface area contributed by atoms with Gasteiger partial charge in [-0.05, 0) is 70.7 Å². The van der Waals surface area contributed by atoms with Gasteiger partial charge in [-0.1, -0.05) is 40.6 Å². The van der Waals surface area contributed by atoms with E-state index in [2.05, 4.69) is 4.90 Å². The van der Waals surface area contributed by atoms with Crippen molar-refractivity contribution in [3.63, 3.8) is 0 Å². The maximum atomic E-state index is 13.3. The molecule has 2 aromatic carbocycles. The van der Waals surface area contributed by atoms with Gasteiger partial charge in [-0.3, -0.25) is 9.69 Å². The summed E-state index contributed by atoms with van der Waals surface area (Å²) < 4.78 is 0.989. The lowest BCUT2D eigenvalue weighted by atomic mass is 10.0. The molecule has 142 valence electrons. The number of rotatable bonds is 6. The lowest BCUT2D eigenvalue weighted by molar-refractivity contribution is 0.0985. The quantitative estimate of drug-likeness (QED) is 0.572. The van der Waals surface area contributed by atoms with E-state index in [4.69, 9.17) is 16.6 Å². The molecular formula is C21H24ClN3OS. The van der Waals surface area contributed by atoms with Crippen LogP contribution in [-0.4, -0.2) is 43.0 Å². The summed E-state index contributed by atoms with van der Waals surface area (Å²) in [7, 11) is 4.08. The Hall–Kier alpha value is -1.95. The van der Waals surface area contributed by atoms with Crippen LogP contribution in [0.25, 0.3) is 10.2 Å². The second kappa shape index (κ2) is 8.38. The molecule has 1 aromatic heterocycles. The first-order valence-electron chi connectivity index (χ1n) is 8.95. The summed E-state index contributed by atoms with van der Waals surface area (Å²) in [5.41, 5.74) is 3.73. The number of anilines is 1. The van der Waals surface area contributed by atoms with Crippen molar-refractivity contribution in [3.05, 3.63) is 58.1 Å². The number of halogens is 1. The molecule has 0 saturated heterocycles. The second-order valence-corrected chi connectivity index (χ2v) is 8.49. The first kappa shape index (κ1) is 19.8. The van der Waals surface area contributed by atoms with Crippen LogP contribution < -0.4 is 4.90 Å². The molecule has 0 bridgehead atoms. The van der Waals surface area contributed by atoms with Gasteiger partial charge in [0.1, 0.15) is 0 Å². The van der Waals surface area contributed by atoms with E-state index in [0.717, 1.165) is 45.0 Å². The van der Waals surface area contributed by atoms with Crippen LogP contribution in [0.15, 0.2) is 36.4 Å². The van der Waals surface area contributed by atoms with Crippen molar-refractivity contribution in [2.24, 2.45) is 0 Å². The number of amides is 1. The third-order valence-corrected chi connectivity index (χ3v) is 5.69. The first-order chi connectivity index (χ1) is 12.8. The average molecular weight is 402 g/mol. The van der Waals surface area contributed by atoms with Crippen LogP contribution in [0, 0.1) is 13.8 Å². The summed E-state index contributed by atoms with van der Waals surface area (Å²) in [6, 6.07) is 11.6. The van der Waals surface area contributed by atoms with Crippen molar-refractivity contribution in [2.75, 3.05) is 32.1 Å². The van der Waals surface area contributed by atoms with Gasteiger partial charge in [-0.25, -0.2) is 4.98 Å². The monoisotopic (exact) mass is 401 g/mol. The van der Waals surface area contributed by atoms with Crippen LogP contribution in [0.2, 0.25) is 5.02 Å². The van der Waals surface area contributed by atoms with Crippen LogP contribution in [-0.2, 0) is 0 Å². The third kappa shape index (κ3) is 4.67. The first-order valence-corrected chi connectivity index (χ1v) is 10.1. The number of aromatic nitrogens is 1. The molecule has 0 radical (unpaired) electrons. The maximum absolute atomic E-state index is 13.3. The fourth-order valence-corrected chi connectivity index (χ4v) is 4.30. The summed E-state index contributed by atoms with van der Waals surface area (Å²) in [6.45, 7) is 5.55. The molecule has 0 saturated carbocycles. The van der Waals surface area contributed by atoms with Crippen LogP contribution in [0.4, 0.5) is 5.13 Å². The number of hydrogen-bond acceptors (Lipinski definition) is 4. The largest absolute Gasteiger partial charge is 0.309 e. The minimum Gasteiger partial charge on any atom is -0.309 e. The van der Waals surface area contributed by atoms with Crippen molar-refractivity contribution in [2.45, 2.75) is 20.3 Å². The SMILES string of the molecule is Cc1ccc(C(=O)N(CCCN(C)C)c2nc3ccc(Cl)cc3s2)c(C)c1. The van der Waals surface area contributed by atoms with E-state index in [1.54, 1.807) is 4.90 Å². The molecule has 27 heavy (non-hydrogen) atoms. The lowest BCUT2D eigenvalue weighted by Gasteiger charge is -2.22. The van der Waals surface area contributed by atoms with Gasteiger partial charge in [0.15, 0.2) is 5.13 Å². The highest BCUT2D eigenvalue weighted by atomic mass is 35.5. The fraction of sp³-hybridized carbons (Fsp3) is 0.333. The molecule has 0 atom stereocenters. The molecule has 1 amide bonds. The van der Waals surface area contributed by atoms with Crippen molar-refractivity contribution in [1.82, 2.24) is 9.88 Å². The topological polar surface area (TPSA) is 36.4 Å². The Morgan fingerprint density at radius 3 is 2.59 bits per heavy atom. The molecular weight excluding hydrogens is 378 g/mol. The minimum atomic E-state index is -0.00332. The number of nitrogens with zero attached hydrogens (tertiary/aromatic N) is 3. The maximum Gasteiger partial charge on any atom is 0.260 e. The Kier molecular flexibility index (Phi) is 6.15. The Balaban J connectivity index is 1.97. The number of hydrogen-bond donors (Lipinski definition) is 0. The van der Waals surface area contributed by atoms with Crippen molar-refractivity contribution in [3.8, 4) is 0 Å². The van der Waals surface area contributed by atoms with Gasteiger partial charge in [-0.15, -0.1) is 0 Å². The molecule has 4 nitrogen and oxygen atoms in total. The van der Waals surface area contributed by atoms with E-state index in [1.165, 1.54) is 11.3 Å². The van der Waals surface area contributed by atoms with Gasteiger partial charge >= 0.3 is 0 Å². The van der Waals surface area contributed by atoms with Gasteiger partial charge in [0, 0.05) is 17.1 Å². The second-order valence-electron chi connectivity index (χ2n) is 7.04. The Morgan fingerprint density at radius 1 is 1.11 bits per heavy atom. The standard InChI is InChI=1S/C21H24ClN3OS/c1-14-6-8-17(15(2)12-14)20(26)25(11-5-10-24(3)4)21-23-18-9-7-16(22)13-19(18)27-21/h6-9,12-13H,5,10-11H2,1-4H3. The smallest absolute Gasteiger partial charge is 0.260 e.